The summed E-state index contributed by atoms with van der Waals surface area (Å²) in [5, 5.41) is 21.3. The van der Waals surface area contributed by atoms with E-state index in [1.165, 1.54) is 6.20 Å². The zero-order valence-corrected chi connectivity index (χ0v) is 14.9. The molecule has 132 valence electrons. The number of carboxylic acids is 1. The Hall–Kier alpha value is -1.82. The van der Waals surface area contributed by atoms with Crippen LogP contribution in [-0.2, 0) is 11.2 Å². The number of carboxylic acid groups (broad SMARTS) is 1. The molecule has 0 aliphatic carbocycles. The molecule has 1 fully saturated rings. The van der Waals surface area contributed by atoms with Crippen LogP contribution in [-0.4, -0.2) is 40.4 Å². The molecule has 0 unspecified atom stereocenters. The molecular formula is C18H18Cl2N2O3. The SMILES string of the molecule is O=C(O)[C@]1(Cc2ccccc2)CN(c2ncc(Cl)cc2Cl)CC[C@@H]1O. The number of hydrogen-bond donors (Lipinski definition) is 2. The number of piperidine rings is 1. The normalized spacial score (nSPS) is 23.5. The first-order valence-electron chi connectivity index (χ1n) is 7.94. The summed E-state index contributed by atoms with van der Waals surface area (Å²) in [5.41, 5.74) is -0.467. The van der Waals surface area contributed by atoms with E-state index in [4.69, 9.17) is 23.2 Å². The molecule has 1 aromatic carbocycles. The standard InChI is InChI=1S/C18H18Cl2N2O3/c19-13-8-14(20)16(21-10-13)22-7-6-15(23)18(11-22,17(24)25)9-12-4-2-1-3-5-12/h1-5,8,10,15,23H,6-7,9,11H2,(H,24,25)/t15-,18+/m0/s1. The molecule has 2 atom stereocenters. The number of aromatic nitrogens is 1. The number of aliphatic hydroxyl groups is 1. The van der Waals surface area contributed by atoms with Crippen LogP contribution in [0.25, 0.3) is 0 Å². The average Bonchev–Trinajstić information content (AvgIpc) is 2.58. The quantitative estimate of drug-likeness (QED) is 0.851. The smallest absolute Gasteiger partial charge is 0.314 e. The molecular weight excluding hydrogens is 363 g/mol. The van der Waals surface area contributed by atoms with E-state index in [9.17, 15) is 15.0 Å². The second-order valence-corrected chi connectivity index (χ2v) is 7.15. The summed E-state index contributed by atoms with van der Waals surface area (Å²) >= 11 is 12.1. The fourth-order valence-corrected chi connectivity index (χ4v) is 3.82. The van der Waals surface area contributed by atoms with E-state index in [1.807, 2.05) is 35.2 Å². The lowest BCUT2D eigenvalue weighted by Crippen LogP contribution is -2.57. The Bertz CT molecular complexity index is 772. The molecule has 5 nitrogen and oxygen atoms in total. The largest absolute Gasteiger partial charge is 0.481 e. The number of nitrogens with zero attached hydrogens (tertiary/aromatic N) is 2. The summed E-state index contributed by atoms with van der Waals surface area (Å²) in [6, 6.07) is 10.9. The highest BCUT2D eigenvalue weighted by Crippen LogP contribution is 2.38. The Kier molecular flexibility index (Phi) is 5.18. The maximum Gasteiger partial charge on any atom is 0.314 e. The predicted octanol–water partition coefficient (Wildman–Crippen LogP) is 3.27. The minimum atomic E-state index is -1.33. The lowest BCUT2D eigenvalue weighted by atomic mass is 9.73. The molecule has 2 aromatic rings. The minimum Gasteiger partial charge on any atom is -0.481 e. The van der Waals surface area contributed by atoms with E-state index < -0.39 is 17.5 Å². The Morgan fingerprint density at radius 2 is 2.04 bits per heavy atom. The lowest BCUT2D eigenvalue weighted by Gasteiger charge is -2.44. The van der Waals surface area contributed by atoms with Gasteiger partial charge in [-0.05, 0) is 24.5 Å². The Labute approximate surface area is 155 Å². The van der Waals surface area contributed by atoms with E-state index in [-0.39, 0.29) is 13.0 Å². The number of anilines is 1. The topological polar surface area (TPSA) is 73.7 Å². The molecule has 25 heavy (non-hydrogen) atoms. The van der Waals surface area contributed by atoms with Crippen molar-refractivity contribution in [3.63, 3.8) is 0 Å². The van der Waals surface area contributed by atoms with Crippen LogP contribution in [0.3, 0.4) is 0 Å². The molecule has 1 saturated heterocycles. The van der Waals surface area contributed by atoms with Gasteiger partial charge in [-0.3, -0.25) is 4.79 Å². The van der Waals surface area contributed by atoms with Gasteiger partial charge in [0.2, 0.25) is 0 Å². The van der Waals surface area contributed by atoms with Gasteiger partial charge in [0, 0.05) is 19.3 Å². The van der Waals surface area contributed by atoms with Crippen molar-refractivity contribution in [1.82, 2.24) is 4.98 Å². The van der Waals surface area contributed by atoms with E-state index >= 15 is 0 Å². The number of halogens is 2. The third-order valence-corrected chi connectivity index (χ3v) is 5.14. The molecule has 0 bridgehead atoms. The van der Waals surface area contributed by atoms with Crippen molar-refractivity contribution in [1.29, 1.82) is 0 Å². The first-order chi connectivity index (χ1) is 11.9. The zero-order valence-electron chi connectivity index (χ0n) is 13.4. The number of rotatable bonds is 4. The van der Waals surface area contributed by atoms with Gasteiger partial charge in [-0.25, -0.2) is 4.98 Å². The van der Waals surface area contributed by atoms with Gasteiger partial charge in [-0.1, -0.05) is 53.5 Å². The highest BCUT2D eigenvalue weighted by molar-refractivity contribution is 6.36. The third kappa shape index (κ3) is 3.59. The predicted molar refractivity (Wildman–Crippen MR) is 97.3 cm³/mol. The van der Waals surface area contributed by atoms with Gasteiger partial charge >= 0.3 is 5.97 Å². The van der Waals surface area contributed by atoms with Crippen LogP contribution in [0.2, 0.25) is 10.0 Å². The summed E-state index contributed by atoms with van der Waals surface area (Å²) in [6.45, 7) is 0.589. The fourth-order valence-electron chi connectivity index (χ4n) is 3.32. The van der Waals surface area contributed by atoms with Gasteiger partial charge in [0.15, 0.2) is 0 Å². The number of carbonyl (C=O) groups is 1. The second-order valence-electron chi connectivity index (χ2n) is 6.31. The maximum atomic E-state index is 12.1. The van der Waals surface area contributed by atoms with Crippen LogP contribution in [0, 0.1) is 5.41 Å². The fraction of sp³-hybridized carbons (Fsp3) is 0.333. The van der Waals surface area contributed by atoms with Crippen LogP contribution in [0.1, 0.15) is 12.0 Å². The Morgan fingerprint density at radius 1 is 1.32 bits per heavy atom. The van der Waals surface area contributed by atoms with Crippen molar-refractivity contribution in [3.05, 3.63) is 58.2 Å². The molecule has 2 heterocycles. The second kappa shape index (κ2) is 7.20. The zero-order chi connectivity index (χ0) is 18.0. The first-order valence-corrected chi connectivity index (χ1v) is 8.69. The molecule has 0 amide bonds. The van der Waals surface area contributed by atoms with Gasteiger partial charge in [-0.15, -0.1) is 0 Å². The number of hydrogen-bond acceptors (Lipinski definition) is 4. The molecule has 0 spiro atoms. The van der Waals surface area contributed by atoms with Crippen molar-refractivity contribution in [2.24, 2.45) is 5.41 Å². The molecule has 3 rings (SSSR count). The lowest BCUT2D eigenvalue weighted by molar-refractivity contribution is -0.157. The van der Waals surface area contributed by atoms with E-state index in [0.29, 0.717) is 28.8 Å². The van der Waals surface area contributed by atoms with Crippen LogP contribution < -0.4 is 4.90 Å². The number of aliphatic hydroxyl groups excluding tert-OH is 1. The summed E-state index contributed by atoms with van der Waals surface area (Å²) < 4.78 is 0. The minimum absolute atomic E-state index is 0.118. The van der Waals surface area contributed by atoms with Crippen LogP contribution in [0.4, 0.5) is 5.82 Å². The molecule has 2 N–H and O–H groups in total. The number of aliphatic carboxylic acids is 1. The highest BCUT2D eigenvalue weighted by Gasteiger charge is 2.49. The Morgan fingerprint density at radius 3 is 2.68 bits per heavy atom. The Balaban J connectivity index is 1.95. The van der Waals surface area contributed by atoms with Crippen molar-refractivity contribution < 1.29 is 15.0 Å². The van der Waals surface area contributed by atoms with Crippen molar-refractivity contribution in [3.8, 4) is 0 Å². The van der Waals surface area contributed by atoms with Gasteiger partial charge in [0.25, 0.3) is 0 Å². The number of pyridine rings is 1. The molecule has 1 aliphatic rings. The van der Waals surface area contributed by atoms with Gasteiger partial charge in [-0.2, -0.15) is 0 Å². The molecule has 1 aromatic heterocycles. The van der Waals surface area contributed by atoms with Gasteiger partial charge < -0.3 is 15.1 Å². The average molecular weight is 381 g/mol. The highest BCUT2D eigenvalue weighted by atomic mass is 35.5. The van der Waals surface area contributed by atoms with Gasteiger partial charge in [0.1, 0.15) is 11.2 Å². The van der Waals surface area contributed by atoms with E-state index in [0.717, 1.165) is 5.56 Å². The molecule has 7 heteroatoms. The molecule has 0 saturated carbocycles. The third-order valence-electron chi connectivity index (χ3n) is 4.66. The monoisotopic (exact) mass is 380 g/mol. The van der Waals surface area contributed by atoms with Crippen molar-refractivity contribution >= 4 is 35.0 Å². The van der Waals surface area contributed by atoms with E-state index in [1.54, 1.807) is 6.07 Å². The molecule has 0 radical (unpaired) electrons. The first kappa shape index (κ1) is 18.0. The van der Waals surface area contributed by atoms with E-state index in [2.05, 4.69) is 4.98 Å². The van der Waals surface area contributed by atoms with Crippen LogP contribution in [0.5, 0.6) is 0 Å². The van der Waals surface area contributed by atoms with Crippen molar-refractivity contribution in [2.75, 3.05) is 18.0 Å². The van der Waals surface area contributed by atoms with Crippen molar-refractivity contribution in [2.45, 2.75) is 18.9 Å². The summed E-state index contributed by atoms with van der Waals surface area (Å²) in [5.74, 6) is -0.546. The summed E-state index contributed by atoms with van der Waals surface area (Å²) in [4.78, 5) is 18.2. The molecule has 1 aliphatic heterocycles. The maximum absolute atomic E-state index is 12.1. The van der Waals surface area contributed by atoms with Crippen LogP contribution in [0.15, 0.2) is 42.6 Å². The summed E-state index contributed by atoms with van der Waals surface area (Å²) in [6.07, 6.45) is 1.08. The number of benzene rings is 1. The van der Waals surface area contributed by atoms with Crippen LogP contribution >= 0.6 is 23.2 Å². The summed E-state index contributed by atoms with van der Waals surface area (Å²) in [7, 11) is 0. The van der Waals surface area contributed by atoms with Gasteiger partial charge in [0.05, 0.1) is 16.1 Å².